The van der Waals surface area contributed by atoms with Crippen LogP contribution in [-0.2, 0) is 28.5 Å². The van der Waals surface area contributed by atoms with Crippen LogP contribution < -0.4 is 0 Å². The Labute approximate surface area is 313 Å². The summed E-state index contributed by atoms with van der Waals surface area (Å²) in [7, 11) is 0. The van der Waals surface area contributed by atoms with Gasteiger partial charge in [-0.05, 0) is 57.8 Å². The normalized spacial score (nSPS) is 21.7. The van der Waals surface area contributed by atoms with Crippen molar-refractivity contribution >= 4 is 11.9 Å². The highest BCUT2D eigenvalue weighted by Crippen LogP contribution is 2.22. The number of ether oxygens (including phenoxy) is 4. The standard InChI is InChI=1S/C42H70O10/c1-3-5-7-9-11-13-15-17-19-20-22-24-26-28-30-37(44)49-33-35(34-50-42-41(48)40(47)39(46)36(32-43)52-42)51-38(45)31-29-27-25-23-21-18-16-14-12-10-8-6-4-2/h6,8,10,12,14,16,18-21,35-36,39-43,46-48H,3-5,7,9,11,13,15,17,22-34H2,1-2H3/b8-6+,12-10+,16-14+,20-19+,21-18+/t35?,36-,39+,40?,41?,42-/m0/s1. The number of hydrogen-bond acceptors (Lipinski definition) is 10. The minimum absolute atomic E-state index is 0.178. The molecule has 10 nitrogen and oxygen atoms in total. The molecule has 6 atom stereocenters. The summed E-state index contributed by atoms with van der Waals surface area (Å²) in [5.74, 6) is -0.878. The second kappa shape index (κ2) is 33.0. The predicted octanol–water partition coefficient (Wildman–Crippen LogP) is 7.49. The number of rotatable bonds is 31. The lowest BCUT2D eigenvalue weighted by molar-refractivity contribution is -0.305. The first-order valence-electron chi connectivity index (χ1n) is 19.9. The highest BCUT2D eigenvalue weighted by Gasteiger charge is 2.44. The molecule has 0 spiro atoms. The van der Waals surface area contributed by atoms with Crippen LogP contribution in [-0.4, -0.2) is 89.0 Å². The summed E-state index contributed by atoms with van der Waals surface area (Å²) in [5.41, 5.74) is 0. The number of carbonyl (C=O) groups excluding carboxylic acids is 2. The van der Waals surface area contributed by atoms with E-state index in [4.69, 9.17) is 18.9 Å². The van der Waals surface area contributed by atoms with Gasteiger partial charge in [0.15, 0.2) is 12.4 Å². The van der Waals surface area contributed by atoms with Gasteiger partial charge in [-0.2, -0.15) is 0 Å². The van der Waals surface area contributed by atoms with Crippen LogP contribution in [0.1, 0.15) is 136 Å². The summed E-state index contributed by atoms with van der Waals surface area (Å²) >= 11 is 0. The monoisotopic (exact) mass is 734 g/mol. The fraction of sp³-hybridized carbons (Fsp3) is 0.714. The second-order valence-corrected chi connectivity index (χ2v) is 13.4. The molecule has 1 aliphatic rings. The molecule has 0 aromatic carbocycles. The molecular formula is C42H70O10. The molecule has 1 aliphatic heterocycles. The Balaban J connectivity index is 2.43. The molecular weight excluding hydrogens is 664 g/mol. The van der Waals surface area contributed by atoms with Gasteiger partial charge >= 0.3 is 11.9 Å². The zero-order valence-electron chi connectivity index (χ0n) is 32.0. The maximum absolute atomic E-state index is 12.7. The van der Waals surface area contributed by atoms with Gasteiger partial charge in [0.05, 0.1) is 13.2 Å². The maximum atomic E-state index is 12.7. The molecule has 298 valence electrons. The van der Waals surface area contributed by atoms with Crippen molar-refractivity contribution < 1.29 is 49.0 Å². The minimum Gasteiger partial charge on any atom is -0.462 e. The quantitative estimate of drug-likeness (QED) is 0.0244. The van der Waals surface area contributed by atoms with Crippen LogP contribution in [0.15, 0.2) is 60.8 Å². The van der Waals surface area contributed by atoms with Crippen molar-refractivity contribution in [1.82, 2.24) is 0 Å². The molecule has 0 aromatic rings. The first-order valence-corrected chi connectivity index (χ1v) is 19.9. The molecule has 52 heavy (non-hydrogen) atoms. The fourth-order valence-electron chi connectivity index (χ4n) is 5.54. The van der Waals surface area contributed by atoms with E-state index < -0.39 is 55.4 Å². The van der Waals surface area contributed by atoms with Gasteiger partial charge in [0.2, 0.25) is 0 Å². The van der Waals surface area contributed by atoms with Crippen LogP contribution in [0.4, 0.5) is 0 Å². The molecule has 0 bridgehead atoms. The summed E-state index contributed by atoms with van der Waals surface area (Å²) in [6.07, 6.45) is 30.9. The summed E-state index contributed by atoms with van der Waals surface area (Å²) < 4.78 is 22.0. The Morgan fingerprint density at radius 3 is 1.77 bits per heavy atom. The van der Waals surface area contributed by atoms with Gasteiger partial charge < -0.3 is 39.4 Å². The van der Waals surface area contributed by atoms with Crippen molar-refractivity contribution in [1.29, 1.82) is 0 Å². The van der Waals surface area contributed by atoms with Crippen molar-refractivity contribution in [3.63, 3.8) is 0 Å². The Hall–Kier alpha value is -2.60. The molecule has 0 radical (unpaired) electrons. The van der Waals surface area contributed by atoms with E-state index in [2.05, 4.69) is 38.2 Å². The number of esters is 2. The Morgan fingerprint density at radius 1 is 0.615 bits per heavy atom. The van der Waals surface area contributed by atoms with Crippen molar-refractivity contribution in [2.24, 2.45) is 0 Å². The average Bonchev–Trinajstić information content (AvgIpc) is 3.14. The second-order valence-electron chi connectivity index (χ2n) is 13.4. The highest BCUT2D eigenvalue weighted by molar-refractivity contribution is 5.70. The van der Waals surface area contributed by atoms with Crippen molar-refractivity contribution in [3.05, 3.63) is 60.8 Å². The SMILES string of the molecule is CC/C=C/C=C/C=C/C=C/CCCCCC(=O)OC(COC(=O)CCCCC/C=C/CCCCCCCCC)CO[C@H]1O[C@@H](CO)[C@@H](O)C(O)C1O. The summed E-state index contributed by atoms with van der Waals surface area (Å²) in [6, 6.07) is 0. The molecule has 0 amide bonds. The summed E-state index contributed by atoms with van der Waals surface area (Å²) in [4.78, 5) is 25.2. The third-order valence-corrected chi connectivity index (χ3v) is 8.73. The molecule has 3 unspecified atom stereocenters. The third kappa shape index (κ3) is 24.6. The number of aliphatic hydroxyl groups excluding tert-OH is 4. The van der Waals surface area contributed by atoms with Crippen molar-refractivity contribution in [2.75, 3.05) is 19.8 Å². The fourth-order valence-corrected chi connectivity index (χ4v) is 5.54. The van der Waals surface area contributed by atoms with E-state index in [9.17, 15) is 30.0 Å². The van der Waals surface area contributed by atoms with Crippen LogP contribution in [0.5, 0.6) is 0 Å². The Morgan fingerprint density at radius 2 is 1.15 bits per heavy atom. The van der Waals surface area contributed by atoms with Crippen LogP contribution in [0, 0.1) is 0 Å². The summed E-state index contributed by atoms with van der Waals surface area (Å²) in [5, 5.41) is 39.9. The molecule has 1 heterocycles. The van der Waals surface area contributed by atoms with E-state index >= 15 is 0 Å². The van der Waals surface area contributed by atoms with E-state index in [0.717, 1.165) is 51.4 Å². The van der Waals surface area contributed by atoms with E-state index in [1.807, 2.05) is 36.5 Å². The predicted molar refractivity (Wildman–Crippen MR) is 205 cm³/mol. The molecule has 1 rings (SSSR count). The Kier molecular flexibility index (Phi) is 30.1. The lowest BCUT2D eigenvalue weighted by Crippen LogP contribution is -2.59. The molecule has 1 saturated heterocycles. The molecule has 10 heteroatoms. The molecule has 1 fully saturated rings. The lowest BCUT2D eigenvalue weighted by Gasteiger charge is -2.39. The van der Waals surface area contributed by atoms with E-state index in [1.54, 1.807) is 0 Å². The Bertz CT molecular complexity index is 1030. The number of unbranched alkanes of at least 4 members (excludes halogenated alkanes) is 13. The van der Waals surface area contributed by atoms with Crippen molar-refractivity contribution in [3.8, 4) is 0 Å². The van der Waals surface area contributed by atoms with Gasteiger partial charge in [-0.15, -0.1) is 0 Å². The van der Waals surface area contributed by atoms with Gasteiger partial charge in [-0.3, -0.25) is 9.59 Å². The molecule has 0 aliphatic carbocycles. The first-order chi connectivity index (χ1) is 25.3. The number of aliphatic hydroxyl groups is 4. The van der Waals surface area contributed by atoms with Crippen LogP contribution >= 0.6 is 0 Å². The van der Waals surface area contributed by atoms with Crippen LogP contribution in [0.3, 0.4) is 0 Å². The van der Waals surface area contributed by atoms with E-state index in [1.165, 1.54) is 44.9 Å². The third-order valence-electron chi connectivity index (χ3n) is 8.73. The molecule has 4 N–H and O–H groups in total. The first kappa shape index (κ1) is 47.4. The van der Waals surface area contributed by atoms with Gasteiger partial charge in [-0.1, -0.05) is 126 Å². The molecule has 0 aromatic heterocycles. The smallest absolute Gasteiger partial charge is 0.306 e. The number of allylic oxidation sites excluding steroid dienone is 10. The van der Waals surface area contributed by atoms with Crippen LogP contribution in [0.2, 0.25) is 0 Å². The maximum Gasteiger partial charge on any atom is 0.306 e. The topological polar surface area (TPSA) is 152 Å². The van der Waals surface area contributed by atoms with Gasteiger partial charge in [0.25, 0.3) is 0 Å². The van der Waals surface area contributed by atoms with Crippen molar-refractivity contribution in [2.45, 2.75) is 173 Å². The molecule has 0 saturated carbocycles. The minimum atomic E-state index is -1.61. The van der Waals surface area contributed by atoms with E-state index in [0.29, 0.717) is 12.8 Å². The number of hydrogen-bond donors (Lipinski definition) is 4. The summed E-state index contributed by atoms with van der Waals surface area (Å²) in [6.45, 7) is 3.19. The van der Waals surface area contributed by atoms with Crippen LogP contribution in [0.25, 0.3) is 0 Å². The van der Waals surface area contributed by atoms with Gasteiger partial charge in [-0.25, -0.2) is 0 Å². The number of carbonyl (C=O) groups is 2. The largest absolute Gasteiger partial charge is 0.462 e. The van der Waals surface area contributed by atoms with Gasteiger partial charge in [0, 0.05) is 12.8 Å². The zero-order chi connectivity index (χ0) is 38.1. The van der Waals surface area contributed by atoms with Gasteiger partial charge in [0.1, 0.15) is 31.0 Å². The van der Waals surface area contributed by atoms with E-state index in [-0.39, 0.29) is 26.1 Å². The average molecular weight is 735 g/mol. The highest BCUT2D eigenvalue weighted by atomic mass is 16.7. The zero-order valence-corrected chi connectivity index (χ0v) is 32.0. The lowest BCUT2D eigenvalue weighted by atomic mass is 9.99.